The minimum atomic E-state index is -2.01. The van der Waals surface area contributed by atoms with Gasteiger partial charge >= 0.3 is 18.0 Å². The van der Waals surface area contributed by atoms with Crippen LogP contribution in [0.2, 0.25) is 0 Å². The summed E-state index contributed by atoms with van der Waals surface area (Å²) in [6.07, 6.45) is -13.8. The largest absolute Gasteiger partial charge is 0.461 e. The van der Waals surface area contributed by atoms with Crippen LogP contribution in [0.1, 0.15) is 140 Å². The summed E-state index contributed by atoms with van der Waals surface area (Å²) < 4.78 is 71.3. The minimum Gasteiger partial charge on any atom is -0.461 e. The Labute approximate surface area is 559 Å². The molecule has 25 heteroatoms. The summed E-state index contributed by atoms with van der Waals surface area (Å²) in [6, 6.07) is 16.5. The van der Waals surface area contributed by atoms with Crippen LogP contribution >= 0.6 is 0 Å². The van der Waals surface area contributed by atoms with E-state index < -0.39 is 151 Å². The number of carbonyl (C=O) groups is 5. The van der Waals surface area contributed by atoms with Crippen LogP contribution in [0.4, 0.5) is 10.6 Å². The number of aryl methyl sites for hydroxylation is 1. The van der Waals surface area contributed by atoms with Crippen LogP contribution in [-0.4, -0.2) is 199 Å². The van der Waals surface area contributed by atoms with E-state index in [2.05, 4.69) is 37.6 Å². The lowest BCUT2D eigenvalue weighted by molar-refractivity contribution is -0.305. The van der Waals surface area contributed by atoms with Crippen molar-refractivity contribution in [3.05, 3.63) is 65.9 Å². The average molecular weight is 1340 g/mol. The highest BCUT2D eigenvalue weighted by atomic mass is 16.7. The predicted molar refractivity (Wildman–Crippen MR) is 351 cm³/mol. The van der Waals surface area contributed by atoms with Crippen molar-refractivity contribution in [2.45, 2.75) is 240 Å². The first kappa shape index (κ1) is 76.5. The number of anilines is 1. The van der Waals surface area contributed by atoms with E-state index in [1.807, 2.05) is 90.1 Å². The van der Waals surface area contributed by atoms with Crippen molar-refractivity contribution in [3.63, 3.8) is 0 Å². The number of cyclic esters (lactones) is 1. The molecule has 2 amide bonds. The van der Waals surface area contributed by atoms with Gasteiger partial charge in [0, 0.05) is 87.9 Å². The Morgan fingerprint density at radius 3 is 2.19 bits per heavy atom. The van der Waals surface area contributed by atoms with Gasteiger partial charge in [0.25, 0.3) is 0 Å². The van der Waals surface area contributed by atoms with E-state index in [4.69, 9.17) is 56.9 Å². The van der Waals surface area contributed by atoms with Gasteiger partial charge in [-0.3, -0.25) is 24.1 Å². The lowest BCUT2D eigenvalue weighted by Crippen LogP contribution is -2.59. The Morgan fingerprint density at radius 1 is 0.800 bits per heavy atom. The fourth-order valence-electron chi connectivity index (χ4n) is 13.8. The second-order valence-electron chi connectivity index (χ2n) is 27.4. The molecule has 2 unspecified atom stereocenters. The zero-order valence-corrected chi connectivity index (χ0v) is 58.6. The third-order valence-corrected chi connectivity index (χ3v) is 18.8. The zero-order chi connectivity index (χ0) is 69.6. The van der Waals surface area contributed by atoms with Gasteiger partial charge < -0.3 is 77.8 Å². The number of benzene rings is 1. The number of pyridine rings is 2. The third-order valence-electron chi connectivity index (χ3n) is 18.8. The summed E-state index contributed by atoms with van der Waals surface area (Å²) in [5.74, 6) is -7.62. The lowest BCUT2D eigenvalue weighted by Gasteiger charge is -2.45. The number of hydrogen-bond acceptors (Lipinski definition) is 23. The molecule has 25 nitrogen and oxygen atoms in total. The van der Waals surface area contributed by atoms with Crippen LogP contribution in [0, 0.1) is 48.3 Å². The van der Waals surface area contributed by atoms with Crippen LogP contribution in [0.15, 0.2) is 59.8 Å². The molecule has 0 bridgehead atoms. The van der Waals surface area contributed by atoms with Gasteiger partial charge in [0.15, 0.2) is 35.9 Å². The highest BCUT2D eigenvalue weighted by Crippen LogP contribution is 2.41. The molecule has 4 aliphatic heterocycles. The maximum Gasteiger partial charge on any atom is 0.408 e. The number of aliphatic hydroxyl groups excluding tert-OH is 2. The minimum absolute atomic E-state index is 0.0162. The molecule has 530 valence electrons. The van der Waals surface area contributed by atoms with E-state index in [0.29, 0.717) is 37.4 Å². The van der Waals surface area contributed by atoms with Gasteiger partial charge in [-0.1, -0.05) is 84.0 Å². The number of ketones is 1. The first-order chi connectivity index (χ1) is 45.0. The Kier molecular flexibility index (Phi) is 28.3. The van der Waals surface area contributed by atoms with Crippen molar-refractivity contribution >= 4 is 52.3 Å². The van der Waals surface area contributed by atoms with Crippen LogP contribution in [0.3, 0.4) is 0 Å². The van der Waals surface area contributed by atoms with E-state index in [9.17, 15) is 24.6 Å². The average Bonchev–Trinajstić information content (AvgIpc) is 1.01. The quantitative estimate of drug-likeness (QED) is 0.0418. The number of Topliss-reactive ketones (excluding diaryl/α,β-unsaturated/α-hetero) is 1. The Hall–Kier alpha value is -5.84. The Balaban J connectivity index is 1.28. The summed E-state index contributed by atoms with van der Waals surface area (Å²) in [5, 5.41) is 33.8. The second-order valence-corrected chi connectivity index (χ2v) is 27.4. The van der Waals surface area contributed by atoms with Crippen molar-refractivity contribution in [3.8, 4) is 0 Å². The predicted octanol–water partition coefficient (Wildman–Crippen LogP) is 8.25. The molecule has 1 aromatic carbocycles. The topological polar surface area (TPSA) is 302 Å². The van der Waals surface area contributed by atoms with Crippen molar-refractivity contribution < 1.29 is 91.1 Å². The standard InChI is InChI=1S/C70H106N6O19/c1-37(2)30-54(78)91-60-45(10)59(39(4)36-87-68-63(85-16)62(84-15)56(79)48(13)90-68)93-66(82)47(12)61(92-55-31-41(6)76(35-43(8)88-55)29-21-24-53(77)73-52-28-27-50-26-25-40(5)72-65(50)74-52)44(9)58(94-67-57(80)51(75-86-17)32-42(7)89-67)38(3)33-70(14,64(81)46(60)11)95-69(83)71-34-49-22-19-18-20-23-49/h18-20,22-23,25-28,37-39,41-48,55-63,67-68,79-80H,21,24,29-36H2,1-17H3,(H,71,83)(H,72,73,74,77)/b75-51+/t38-,39?,41?,42+,43-,44+,45-,46+,47+,48+,55-,56+,57+,58-,59+,60+,61-,62+,63+,67-,68+,70-/m0/s1. The van der Waals surface area contributed by atoms with E-state index in [1.54, 1.807) is 47.6 Å². The fourth-order valence-corrected chi connectivity index (χ4v) is 13.8. The lowest BCUT2D eigenvalue weighted by atomic mass is 9.74. The molecule has 4 saturated heterocycles. The summed E-state index contributed by atoms with van der Waals surface area (Å²) in [7, 11) is 4.27. The highest BCUT2D eigenvalue weighted by molar-refractivity contribution is 5.92. The molecular formula is C70H106N6O19. The molecule has 0 spiro atoms. The summed E-state index contributed by atoms with van der Waals surface area (Å²) in [5.41, 5.74) is 0.388. The number of ether oxygens (including phenoxy) is 11. The number of nitrogens with one attached hydrogen (secondary N) is 2. The molecule has 4 N–H and O–H groups in total. The number of amides is 2. The van der Waals surface area contributed by atoms with Gasteiger partial charge in [-0.15, -0.1) is 0 Å². The van der Waals surface area contributed by atoms with Crippen LogP contribution < -0.4 is 10.6 Å². The number of rotatable bonds is 22. The fraction of sp³-hybridized carbons (Fsp3) is 0.714. The van der Waals surface area contributed by atoms with Gasteiger partial charge in [0.05, 0.1) is 54.7 Å². The molecule has 3 aromatic rings. The monoisotopic (exact) mass is 1330 g/mol. The van der Waals surface area contributed by atoms with Crippen LogP contribution in [-0.2, 0) is 82.7 Å². The van der Waals surface area contributed by atoms with Crippen LogP contribution in [0.5, 0.6) is 0 Å². The SMILES string of the molecule is CO/N=C1\C[C@@H](C)O[C@@H](O[C@@H]2[C@@H](C)[C@H](O[C@H]3CC(C)N(CCCC(=O)Nc4ccc5ccc(C)nc5n4)C[C@H](C)O3)[C@@H](C)C(=O)O[C@H](C(C)CO[C@@H]3O[C@H](C)[C@@H](O)[C@@H](OC)[C@H]3OC)[C@H](C)[C@@H](OC(=O)CC(C)C)[C@@H](C)C(=O)[C@@](C)(OC(=O)NCc3ccccc3)C[C@@H]2C)[C@@H]1O. The summed E-state index contributed by atoms with van der Waals surface area (Å²) in [4.78, 5) is 90.1. The van der Waals surface area contributed by atoms with Gasteiger partial charge in [-0.2, -0.15) is 0 Å². The van der Waals surface area contributed by atoms with Gasteiger partial charge in [0.2, 0.25) is 5.91 Å². The summed E-state index contributed by atoms with van der Waals surface area (Å²) in [6.45, 7) is 26.0. The number of esters is 2. The van der Waals surface area contributed by atoms with Gasteiger partial charge in [-0.25, -0.2) is 14.8 Å². The van der Waals surface area contributed by atoms with Crippen LogP contribution in [0.25, 0.3) is 11.0 Å². The Morgan fingerprint density at radius 2 is 1.51 bits per heavy atom. The van der Waals surface area contributed by atoms with Crippen molar-refractivity contribution in [1.29, 1.82) is 0 Å². The molecule has 95 heavy (non-hydrogen) atoms. The number of fused-ring (bicyclic) bond motifs is 1. The smallest absolute Gasteiger partial charge is 0.408 e. The summed E-state index contributed by atoms with van der Waals surface area (Å²) >= 11 is 0. The number of hydrogen-bond donors (Lipinski definition) is 4. The number of nitrogens with zero attached hydrogens (tertiary/aromatic N) is 4. The number of carbonyl (C=O) groups excluding carboxylic acids is 5. The van der Waals surface area contributed by atoms with Crippen molar-refractivity contribution in [1.82, 2.24) is 20.2 Å². The number of aliphatic hydroxyl groups is 2. The Bertz CT molecular complexity index is 3020. The van der Waals surface area contributed by atoms with Crippen molar-refractivity contribution in [2.24, 2.45) is 46.6 Å². The second kappa shape index (κ2) is 35.1. The highest BCUT2D eigenvalue weighted by Gasteiger charge is 2.53. The van der Waals surface area contributed by atoms with Crippen molar-refractivity contribution in [2.75, 3.05) is 46.3 Å². The maximum absolute atomic E-state index is 16.0. The van der Waals surface area contributed by atoms with E-state index in [0.717, 1.165) is 16.6 Å². The van der Waals surface area contributed by atoms with E-state index in [1.165, 1.54) is 28.3 Å². The van der Waals surface area contributed by atoms with Gasteiger partial charge in [0.1, 0.15) is 49.6 Å². The number of aromatic nitrogens is 2. The molecule has 0 aliphatic carbocycles. The number of alkyl carbamates (subject to hydrolysis) is 1. The normalized spacial score (nSPS) is 34.8. The molecule has 0 radical (unpaired) electrons. The molecule has 4 aliphatic rings. The molecule has 4 fully saturated rings. The number of methoxy groups -OCH3 is 2. The molecular weight excluding hydrogens is 1230 g/mol. The first-order valence-electron chi connectivity index (χ1n) is 33.7. The molecule has 0 saturated carbocycles. The first-order valence-corrected chi connectivity index (χ1v) is 33.7. The number of oxime groups is 1. The van der Waals surface area contributed by atoms with E-state index in [-0.39, 0.29) is 62.4 Å². The molecule has 6 heterocycles. The van der Waals surface area contributed by atoms with Gasteiger partial charge in [-0.05, 0) is 110 Å². The maximum atomic E-state index is 16.0. The van der Waals surface area contributed by atoms with E-state index >= 15 is 9.59 Å². The third kappa shape index (κ3) is 20.4. The molecule has 7 rings (SSSR count). The molecule has 22 atom stereocenters. The molecule has 2 aromatic heterocycles. The zero-order valence-electron chi connectivity index (χ0n) is 58.6.